The summed E-state index contributed by atoms with van der Waals surface area (Å²) in [4.78, 5) is 13.9. The molecule has 0 radical (unpaired) electrons. The molecule has 8 heteroatoms. The lowest BCUT2D eigenvalue weighted by Crippen LogP contribution is -2.01. The minimum Gasteiger partial charge on any atom is -0.378 e. The second-order valence-electron chi connectivity index (χ2n) is 3.61. The molecular formula is C11H8Cl2N4O2. The van der Waals surface area contributed by atoms with Crippen molar-refractivity contribution >= 4 is 46.2 Å². The highest BCUT2D eigenvalue weighted by Crippen LogP contribution is 2.27. The Bertz CT molecular complexity index is 649. The molecule has 0 fully saturated rings. The molecule has 1 heterocycles. The van der Waals surface area contributed by atoms with E-state index < -0.39 is 4.92 Å². The Hall–Kier alpha value is -2.05. The smallest absolute Gasteiger partial charge is 0.311 e. The number of nitrogens with two attached hydrogens (primary N) is 1. The van der Waals surface area contributed by atoms with Gasteiger partial charge in [-0.15, -0.1) is 0 Å². The SMILES string of the molecule is Nc1nc(Nc2ccc(Cl)c(Cl)c2)ccc1[N+](=O)[O-]. The number of pyridine rings is 1. The maximum absolute atomic E-state index is 10.6. The minimum absolute atomic E-state index is 0.157. The van der Waals surface area contributed by atoms with Gasteiger partial charge in [-0.05, 0) is 24.3 Å². The van der Waals surface area contributed by atoms with Gasteiger partial charge in [-0.25, -0.2) is 4.98 Å². The van der Waals surface area contributed by atoms with E-state index in [-0.39, 0.29) is 11.5 Å². The Morgan fingerprint density at radius 2 is 1.95 bits per heavy atom. The number of halogens is 2. The molecule has 98 valence electrons. The zero-order valence-electron chi connectivity index (χ0n) is 9.43. The van der Waals surface area contributed by atoms with E-state index in [1.54, 1.807) is 18.2 Å². The lowest BCUT2D eigenvalue weighted by atomic mass is 10.3. The van der Waals surface area contributed by atoms with Gasteiger partial charge >= 0.3 is 5.69 Å². The summed E-state index contributed by atoms with van der Waals surface area (Å²) in [5.41, 5.74) is 5.90. The van der Waals surface area contributed by atoms with Gasteiger partial charge in [0.15, 0.2) is 0 Å². The molecule has 0 amide bonds. The first-order valence-electron chi connectivity index (χ1n) is 5.10. The summed E-state index contributed by atoms with van der Waals surface area (Å²) >= 11 is 11.7. The van der Waals surface area contributed by atoms with Gasteiger partial charge in [-0.2, -0.15) is 0 Å². The van der Waals surface area contributed by atoms with E-state index in [1.165, 1.54) is 12.1 Å². The first-order chi connectivity index (χ1) is 8.97. The van der Waals surface area contributed by atoms with Crippen molar-refractivity contribution in [3.63, 3.8) is 0 Å². The third-order valence-electron chi connectivity index (χ3n) is 2.29. The Morgan fingerprint density at radius 3 is 2.53 bits per heavy atom. The van der Waals surface area contributed by atoms with Crippen LogP contribution in [-0.4, -0.2) is 9.91 Å². The number of nitrogens with zero attached hydrogens (tertiary/aromatic N) is 2. The van der Waals surface area contributed by atoms with Crippen LogP contribution in [0.3, 0.4) is 0 Å². The van der Waals surface area contributed by atoms with Crippen molar-refractivity contribution in [1.82, 2.24) is 4.98 Å². The van der Waals surface area contributed by atoms with Gasteiger partial charge < -0.3 is 11.1 Å². The molecule has 0 saturated carbocycles. The van der Waals surface area contributed by atoms with Crippen molar-refractivity contribution in [1.29, 1.82) is 0 Å². The van der Waals surface area contributed by atoms with E-state index >= 15 is 0 Å². The first kappa shape index (κ1) is 13.4. The standard InChI is InChI=1S/C11H8Cl2N4O2/c12-7-2-1-6(5-8(7)13)15-10-4-3-9(17(18)19)11(14)16-10/h1-5H,(H3,14,15,16). The Morgan fingerprint density at radius 1 is 1.21 bits per heavy atom. The summed E-state index contributed by atoms with van der Waals surface area (Å²) in [6, 6.07) is 7.68. The summed E-state index contributed by atoms with van der Waals surface area (Å²) in [6.45, 7) is 0. The Balaban J connectivity index is 2.26. The summed E-state index contributed by atoms with van der Waals surface area (Å²) in [7, 11) is 0. The summed E-state index contributed by atoms with van der Waals surface area (Å²) in [5, 5.41) is 14.4. The van der Waals surface area contributed by atoms with Crippen LogP contribution in [0.2, 0.25) is 10.0 Å². The summed E-state index contributed by atoms with van der Waals surface area (Å²) < 4.78 is 0. The van der Waals surface area contributed by atoms with Gasteiger partial charge in [0.1, 0.15) is 5.82 Å². The number of rotatable bonds is 3. The maximum atomic E-state index is 10.6. The quantitative estimate of drug-likeness (QED) is 0.666. The fourth-order valence-corrected chi connectivity index (χ4v) is 1.71. The molecule has 6 nitrogen and oxygen atoms in total. The molecular weight excluding hydrogens is 291 g/mol. The van der Waals surface area contributed by atoms with Crippen LogP contribution in [0.1, 0.15) is 0 Å². The molecule has 3 N–H and O–H groups in total. The lowest BCUT2D eigenvalue weighted by molar-refractivity contribution is -0.384. The maximum Gasteiger partial charge on any atom is 0.311 e. The molecule has 0 aliphatic carbocycles. The monoisotopic (exact) mass is 298 g/mol. The van der Waals surface area contributed by atoms with Crippen LogP contribution in [-0.2, 0) is 0 Å². The third-order valence-corrected chi connectivity index (χ3v) is 3.03. The highest BCUT2D eigenvalue weighted by atomic mass is 35.5. The fraction of sp³-hybridized carbons (Fsp3) is 0. The number of aromatic nitrogens is 1. The Kier molecular flexibility index (Phi) is 3.73. The molecule has 19 heavy (non-hydrogen) atoms. The van der Waals surface area contributed by atoms with Crippen LogP contribution in [0, 0.1) is 10.1 Å². The Labute approximate surface area is 118 Å². The first-order valence-corrected chi connectivity index (χ1v) is 5.86. The van der Waals surface area contributed by atoms with Crippen molar-refractivity contribution in [3.05, 3.63) is 50.5 Å². The van der Waals surface area contributed by atoms with E-state index in [4.69, 9.17) is 28.9 Å². The van der Waals surface area contributed by atoms with Crippen LogP contribution in [0.5, 0.6) is 0 Å². The zero-order valence-corrected chi connectivity index (χ0v) is 10.9. The van der Waals surface area contributed by atoms with Crippen LogP contribution in [0.25, 0.3) is 0 Å². The average Bonchev–Trinajstić information content (AvgIpc) is 2.33. The fourth-order valence-electron chi connectivity index (χ4n) is 1.41. The number of benzene rings is 1. The zero-order chi connectivity index (χ0) is 14.0. The normalized spacial score (nSPS) is 10.2. The van der Waals surface area contributed by atoms with Crippen LogP contribution < -0.4 is 11.1 Å². The lowest BCUT2D eigenvalue weighted by Gasteiger charge is -2.07. The van der Waals surface area contributed by atoms with Crippen molar-refractivity contribution in [2.24, 2.45) is 0 Å². The van der Waals surface area contributed by atoms with Crippen LogP contribution in [0.15, 0.2) is 30.3 Å². The summed E-state index contributed by atoms with van der Waals surface area (Å²) in [5.74, 6) is 0.219. The van der Waals surface area contributed by atoms with E-state index in [1.807, 2.05) is 0 Å². The molecule has 0 bridgehead atoms. The van der Waals surface area contributed by atoms with Gasteiger partial charge in [0.25, 0.3) is 0 Å². The van der Waals surface area contributed by atoms with Gasteiger partial charge in [0, 0.05) is 11.8 Å². The third kappa shape index (κ3) is 3.04. The molecule has 0 aliphatic rings. The highest BCUT2D eigenvalue weighted by Gasteiger charge is 2.12. The van der Waals surface area contributed by atoms with Crippen molar-refractivity contribution < 1.29 is 4.92 Å². The van der Waals surface area contributed by atoms with Crippen LogP contribution in [0.4, 0.5) is 23.0 Å². The number of hydrogen-bond acceptors (Lipinski definition) is 5. The molecule has 2 aromatic rings. The highest BCUT2D eigenvalue weighted by molar-refractivity contribution is 6.42. The van der Waals surface area contributed by atoms with E-state index in [0.717, 1.165) is 0 Å². The molecule has 0 saturated heterocycles. The number of nitro groups is 1. The van der Waals surface area contributed by atoms with Crippen LogP contribution >= 0.6 is 23.2 Å². The van der Waals surface area contributed by atoms with Crippen molar-refractivity contribution in [3.8, 4) is 0 Å². The van der Waals surface area contributed by atoms with Gasteiger partial charge in [-0.1, -0.05) is 23.2 Å². The number of anilines is 3. The van der Waals surface area contributed by atoms with Crippen molar-refractivity contribution in [2.45, 2.75) is 0 Å². The number of hydrogen-bond donors (Lipinski definition) is 2. The number of nitrogen functional groups attached to an aromatic ring is 1. The molecule has 0 spiro atoms. The van der Waals surface area contributed by atoms with E-state index in [2.05, 4.69) is 10.3 Å². The average molecular weight is 299 g/mol. The second kappa shape index (κ2) is 5.29. The molecule has 0 aliphatic heterocycles. The predicted molar refractivity (Wildman–Crippen MR) is 75.0 cm³/mol. The minimum atomic E-state index is -0.592. The van der Waals surface area contributed by atoms with Crippen molar-refractivity contribution in [2.75, 3.05) is 11.1 Å². The number of nitrogens with one attached hydrogen (secondary N) is 1. The van der Waals surface area contributed by atoms with Gasteiger partial charge in [0.05, 0.1) is 15.0 Å². The second-order valence-corrected chi connectivity index (χ2v) is 4.43. The summed E-state index contributed by atoms with van der Waals surface area (Å²) in [6.07, 6.45) is 0. The van der Waals surface area contributed by atoms with E-state index in [0.29, 0.717) is 21.6 Å². The molecule has 0 atom stereocenters. The molecule has 2 rings (SSSR count). The van der Waals surface area contributed by atoms with Gasteiger partial charge in [-0.3, -0.25) is 10.1 Å². The predicted octanol–water partition coefficient (Wildman–Crippen LogP) is 3.62. The molecule has 1 aromatic carbocycles. The van der Waals surface area contributed by atoms with E-state index in [9.17, 15) is 10.1 Å². The topological polar surface area (TPSA) is 94.1 Å². The molecule has 1 aromatic heterocycles. The van der Waals surface area contributed by atoms with Gasteiger partial charge in [0.2, 0.25) is 5.82 Å². The largest absolute Gasteiger partial charge is 0.378 e. The molecule has 0 unspecified atom stereocenters.